The topological polar surface area (TPSA) is 74.6 Å². The number of carbonyl (C=O) groups is 2. The van der Waals surface area contributed by atoms with Crippen LogP contribution in [-0.2, 0) is 28.8 Å². The van der Waals surface area contributed by atoms with E-state index >= 15 is 0 Å². The van der Waals surface area contributed by atoms with Crippen molar-refractivity contribution in [2.24, 2.45) is 0 Å². The predicted octanol–water partition coefficient (Wildman–Crippen LogP) is 5.30. The van der Waals surface area contributed by atoms with Gasteiger partial charge < -0.3 is 10.2 Å². The number of fused-ring (bicyclic) bond motifs is 2. The van der Waals surface area contributed by atoms with Crippen molar-refractivity contribution >= 4 is 40.7 Å². The molecule has 0 aromatic heterocycles. The third-order valence-corrected chi connectivity index (χ3v) is 3.10. The van der Waals surface area contributed by atoms with E-state index in [1.165, 1.54) is 21.5 Å². The molecule has 0 atom stereocenters. The summed E-state index contributed by atoms with van der Waals surface area (Å²) in [6.45, 7) is 4.04. The largest absolute Gasteiger partial charge is 0.483 e. The van der Waals surface area contributed by atoms with Crippen molar-refractivity contribution in [2.45, 2.75) is 13.1 Å². The summed E-state index contributed by atoms with van der Waals surface area (Å²) in [6.07, 6.45) is 0.120. The maximum atomic E-state index is 8.36. The van der Waals surface area contributed by atoms with Crippen molar-refractivity contribution in [1.29, 1.82) is 0 Å². The van der Waals surface area contributed by atoms with Crippen LogP contribution in [0.15, 0.2) is 84.9 Å². The normalized spacial score (nSPS) is 8.43. The summed E-state index contributed by atoms with van der Waals surface area (Å²) < 4.78 is 0. The van der Waals surface area contributed by atoms with Gasteiger partial charge in [0.25, 0.3) is 12.9 Å². The van der Waals surface area contributed by atoms with E-state index in [2.05, 4.69) is 117 Å². The monoisotopic (exact) mass is 428 g/mol. The van der Waals surface area contributed by atoms with Gasteiger partial charge in [0.1, 0.15) is 0 Å². The zero-order valence-corrected chi connectivity index (χ0v) is 18.5. The smallest absolute Gasteiger partial charge is 0.290 e. The van der Waals surface area contributed by atoms with Crippen LogP contribution in [0.5, 0.6) is 0 Å². The number of benzene rings is 2. The molecule has 0 unspecified atom stereocenters. The first-order valence-electron chi connectivity index (χ1n) is 8.38. The molecule has 4 aromatic rings. The Bertz CT molecular complexity index is 807. The van der Waals surface area contributed by atoms with E-state index in [1.807, 2.05) is 0 Å². The maximum absolute atomic E-state index is 8.36. The molecule has 0 bridgehead atoms. The molecule has 4 nitrogen and oxygen atoms in total. The van der Waals surface area contributed by atoms with Gasteiger partial charge in [0.05, 0.1) is 0 Å². The first-order valence-corrected chi connectivity index (χ1v) is 13.2. The number of rotatable bonds is 0. The van der Waals surface area contributed by atoms with Crippen LogP contribution in [0.25, 0.3) is 21.5 Å². The summed E-state index contributed by atoms with van der Waals surface area (Å²) in [5, 5.41) is 19.1. The van der Waals surface area contributed by atoms with Gasteiger partial charge in [-0.05, 0) is 0 Å². The molecule has 6 heteroatoms. The molecule has 28 heavy (non-hydrogen) atoms. The minimum atomic E-state index is -0.250. The molecule has 2 N–H and O–H groups in total. The molecule has 0 aliphatic rings. The third kappa shape index (κ3) is 12.0. The van der Waals surface area contributed by atoms with Crippen LogP contribution in [0.4, 0.5) is 0 Å². The second-order valence-corrected chi connectivity index (χ2v) is 12.2. The molecule has 0 saturated carbocycles. The minimum Gasteiger partial charge on any atom is -0.483 e. The molecule has 0 saturated heterocycles. The van der Waals surface area contributed by atoms with Crippen LogP contribution < -0.4 is 0 Å². The van der Waals surface area contributed by atoms with Gasteiger partial charge >= 0.3 is 38.5 Å². The van der Waals surface area contributed by atoms with Crippen LogP contribution in [0.1, 0.15) is 0 Å². The van der Waals surface area contributed by atoms with Crippen molar-refractivity contribution in [3.63, 3.8) is 0 Å². The van der Waals surface area contributed by atoms with Crippen LogP contribution in [0, 0.1) is 0 Å². The molecule has 0 fully saturated rings. The van der Waals surface area contributed by atoms with Gasteiger partial charge in [-0.1, -0.05) is 12.1 Å². The standard InChI is InChI=1S/2C9H7.C2H6Si.2CH2O2.Ti/c2*1-2-5-9-7-3-6-8(9)4-1;1-3-2;2*2-1-3;/h2*1-7H;1-2H3;2*1H,(H,2,3);/q2*-1;;;;+2. The van der Waals surface area contributed by atoms with E-state index < -0.39 is 0 Å². The summed E-state index contributed by atoms with van der Waals surface area (Å²) >= 11 is 2.27. The Balaban J connectivity index is 0.000000361. The molecule has 4 rings (SSSR count). The molecule has 0 spiro atoms. The van der Waals surface area contributed by atoms with E-state index in [0.717, 1.165) is 0 Å². The molecule has 0 radical (unpaired) electrons. The van der Waals surface area contributed by atoms with Gasteiger partial charge in [-0.25, -0.2) is 0 Å². The van der Waals surface area contributed by atoms with Gasteiger partial charge in [-0.2, -0.15) is 35.0 Å². The molecule has 0 amide bonds. The average molecular weight is 428 g/mol. The maximum Gasteiger partial charge on any atom is 0.290 e. The summed E-state index contributed by atoms with van der Waals surface area (Å²) in [5.74, 6) is 0. The van der Waals surface area contributed by atoms with Gasteiger partial charge in [-0.15, -0.1) is 59.3 Å². The van der Waals surface area contributed by atoms with Crippen molar-refractivity contribution in [3.8, 4) is 0 Å². The van der Waals surface area contributed by atoms with E-state index in [9.17, 15) is 0 Å². The van der Waals surface area contributed by atoms with Gasteiger partial charge in [-0.3, -0.25) is 9.59 Å². The Morgan fingerprint density at radius 1 is 0.750 bits per heavy atom. The predicted molar refractivity (Wildman–Crippen MR) is 114 cm³/mol. The van der Waals surface area contributed by atoms with Gasteiger partial charge in [0, 0.05) is 0 Å². The Labute approximate surface area is 177 Å². The fourth-order valence-corrected chi connectivity index (χ4v) is 2.14. The summed E-state index contributed by atoms with van der Waals surface area (Å²) in [6, 6.07) is 29.3. The molecule has 144 valence electrons. The second kappa shape index (κ2) is 16.7. The second-order valence-electron chi connectivity index (χ2n) is 5.52. The van der Waals surface area contributed by atoms with Gasteiger partial charge in [0.15, 0.2) is 0 Å². The first-order chi connectivity index (χ1) is 13.5. The number of hydrogen-bond acceptors (Lipinski definition) is 2. The quantitative estimate of drug-likeness (QED) is 0.226. The zero-order chi connectivity index (χ0) is 21.2. The molecular weight excluding hydrogens is 404 g/mol. The van der Waals surface area contributed by atoms with Crippen LogP contribution in [0.3, 0.4) is 0 Å². The summed E-state index contributed by atoms with van der Waals surface area (Å²) in [7, 11) is 0. The van der Waals surface area contributed by atoms with E-state index in [-0.39, 0.29) is 19.1 Å². The molecule has 0 heterocycles. The molecular formula is C22H24O4SiTi. The SMILES string of the molecule is C[Si](C)=[Ti+2].O=CO.O=CO.c1ccc2[cH-]ccc2c1.c1ccc2[cH-]ccc2c1. The van der Waals surface area contributed by atoms with Crippen LogP contribution >= 0.6 is 0 Å². The summed E-state index contributed by atoms with van der Waals surface area (Å²) in [4.78, 5) is 16.7. The van der Waals surface area contributed by atoms with Crippen molar-refractivity contribution in [2.75, 3.05) is 0 Å². The van der Waals surface area contributed by atoms with E-state index in [1.54, 1.807) is 0 Å². The Morgan fingerprint density at radius 2 is 1.04 bits per heavy atom. The third-order valence-electron chi connectivity index (χ3n) is 3.10. The van der Waals surface area contributed by atoms with Crippen molar-refractivity contribution in [3.05, 3.63) is 84.9 Å². The average Bonchev–Trinajstić information content (AvgIpc) is 3.32. The van der Waals surface area contributed by atoms with Crippen molar-refractivity contribution in [1.82, 2.24) is 0 Å². The fourth-order valence-electron chi connectivity index (χ4n) is 2.14. The minimum absolute atomic E-state index is 0.120. The van der Waals surface area contributed by atoms with Crippen molar-refractivity contribution < 1.29 is 39.0 Å². The van der Waals surface area contributed by atoms with E-state index in [0.29, 0.717) is 0 Å². The Hall–Kier alpha value is -2.47. The first kappa shape index (κ1) is 25.5. The number of hydrogen-bond donors (Lipinski definition) is 2. The Kier molecular flexibility index (Phi) is 15.2. The Morgan fingerprint density at radius 3 is 1.32 bits per heavy atom. The summed E-state index contributed by atoms with van der Waals surface area (Å²) in [5.41, 5.74) is 0. The number of carboxylic acid groups (broad SMARTS) is 2. The van der Waals surface area contributed by atoms with Crippen LogP contribution in [-0.4, -0.2) is 29.3 Å². The van der Waals surface area contributed by atoms with Crippen LogP contribution in [0.2, 0.25) is 13.1 Å². The molecule has 4 aromatic carbocycles. The van der Waals surface area contributed by atoms with Gasteiger partial charge in [0.2, 0.25) is 0 Å². The molecule has 0 aliphatic heterocycles. The zero-order valence-electron chi connectivity index (χ0n) is 15.9. The van der Waals surface area contributed by atoms with E-state index in [4.69, 9.17) is 19.8 Å². The molecule has 0 aliphatic carbocycles. The fraction of sp³-hybridized carbons (Fsp3) is 0.0909.